The highest BCUT2D eigenvalue weighted by Gasteiger charge is 2.21. The van der Waals surface area contributed by atoms with Crippen molar-refractivity contribution >= 4 is 15.9 Å². The minimum atomic E-state index is -3.66. The summed E-state index contributed by atoms with van der Waals surface area (Å²) in [6, 6.07) is 0.646. The van der Waals surface area contributed by atoms with Gasteiger partial charge >= 0.3 is 0 Å². The van der Waals surface area contributed by atoms with Crippen LogP contribution in [0.5, 0.6) is 0 Å². The van der Waals surface area contributed by atoms with Crippen molar-refractivity contribution in [2.75, 3.05) is 0 Å². The maximum Gasteiger partial charge on any atom is 0.258 e. The summed E-state index contributed by atoms with van der Waals surface area (Å²) in [4.78, 5) is 0. The van der Waals surface area contributed by atoms with Gasteiger partial charge in [-0.05, 0) is 12.5 Å². The number of H-pyrrole nitrogens is 1. The number of nitrogens with one attached hydrogen (secondary N) is 3. The fraction of sp³-hybridized carbons (Fsp3) is 0.429. The summed E-state index contributed by atoms with van der Waals surface area (Å²) < 4.78 is 25.6. The van der Waals surface area contributed by atoms with Crippen LogP contribution in [-0.4, -0.2) is 30.5 Å². The Kier molecular flexibility index (Phi) is 3.43. The van der Waals surface area contributed by atoms with Crippen molar-refractivity contribution in [2.24, 2.45) is 5.73 Å². The third-order valence-corrected chi connectivity index (χ3v) is 3.25. The molecule has 0 aliphatic rings. The Bertz CT molecular complexity index is 424. The Morgan fingerprint density at radius 2 is 2.47 bits per heavy atom. The summed E-state index contributed by atoms with van der Waals surface area (Å²) in [5.74, 6) is -0.208. The lowest BCUT2D eigenvalue weighted by Gasteiger charge is -2.14. The van der Waals surface area contributed by atoms with Gasteiger partial charge < -0.3 is 5.73 Å². The van der Waals surface area contributed by atoms with Crippen molar-refractivity contribution in [3.8, 4) is 0 Å². The molecule has 0 saturated heterocycles. The molecule has 1 rings (SSSR count). The third-order valence-electron chi connectivity index (χ3n) is 1.85. The molecule has 0 spiro atoms. The van der Waals surface area contributed by atoms with Crippen LogP contribution >= 0.6 is 0 Å². The Hall–Kier alpha value is -1.41. The highest BCUT2D eigenvalue weighted by molar-refractivity contribution is 7.89. The predicted molar refractivity (Wildman–Crippen MR) is 54.9 cm³/mol. The SMILES string of the molecule is CCC(NS(=O)(=O)c1ccn[nH]1)C(=N)N. The second-order valence-corrected chi connectivity index (χ2v) is 4.64. The molecular formula is C7H13N5O2S. The first-order chi connectivity index (χ1) is 6.97. The largest absolute Gasteiger partial charge is 0.386 e. The van der Waals surface area contributed by atoms with Crippen molar-refractivity contribution in [3.05, 3.63) is 12.3 Å². The van der Waals surface area contributed by atoms with E-state index in [0.29, 0.717) is 6.42 Å². The van der Waals surface area contributed by atoms with E-state index in [2.05, 4.69) is 14.9 Å². The number of hydrogen-bond donors (Lipinski definition) is 4. The van der Waals surface area contributed by atoms with Crippen LogP contribution in [0.3, 0.4) is 0 Å². The summed E-state index contributed by atoms with van der Waals surface area (Å²) in [6.45, 7) is 1.74. The van der Waals surface area contributed by atoms with Crippen molar-refractivity contribution in [1.29, 1.82) is 5.41 Å². The average Bonchev–Trinajstić information content (AvgIpc) is 2.67. The van der Waals surface area contributed by atoms with Crippen LogP contribution in [0.2, 0.25) is 0 Å². The molecule has 0 aliphatic heterocycles. The van der Waals surface area contributed by atoms with E-state index in [1.807, 2.05) is 0 Å². The molecule has 1 heterocycles. The fourth-order valence-electron chi connectivity index (χ4n) is 1.01. The van der Waals surface area contributed by atoms with E-state index in [-0.39, 0.29) is 10.9 Å². The molecule has 15 heavy (non-hydrogen) atoms. The quantitative estimate of drug-likeness (QED) is 0.399. The molecule has 0 amide bonds. The number of aromatic amines is 1. The Balaban J connectivity index is 2.86. The third kappa shape index (κ3) is 2.77. The molecule has 8 heteroatoms. The first-order valence-electron chi connectivity index (χ1n) is 4.33. The molecule has 5 N–H and O–H groups in total. The van der Waals surface area contributed by atoms with E-state index in [9.17, 15) is 8.42 Å². The molecule has 0 fully saturated rings. The Morgan fingerprint density at radius 1 is 1.80 bits per heavy atom. The zero-order valence-electron chi connectivity index (χ0n) is 8.19. The van der Waals surface area contributed by atoms with Gasteiger partial charge in [-0.1, -0.05) is 6.92 Å². The van der Waals surface area contributed by atoms with Crippen LogP contribution in [0, 0.1) is 5.41 Å². The van der Waals surface area contributed by atoms with Crippen molar-refractivity contribution in [3.63, 3.8) is 0 Å². The smallest absolute Gasteiger partial charge is 0.258 e. The van der Waals surface area contributed by atoms with Crippen LogP contribution in [-0.2, 0) is 10.0 Å². The standard InChI is InChI=1S/C7H13N5O2S/c1-2-5(7(8)9)12-15(13,14)6-3-4-10-11-6/h3-5,12H,2H2,1H3,(H3,8,9)(H,10,11). The maximum atomic E-state index is 11.6. The molecule has 0 saturated carbocycles. The second-order valence-electron chi connectivity index (χ2n) is 2.96. The summed E-state index contributed by atoms with van der Waals surface area (Å²) in [7, 11) is -3.66. The van der Waals surface area contributed by atoms with Gasteiger partial charge in [-0.15, -0.1) is 0 Å². The molecule has 0 bridgehead atoms. The van der Waals surface area contributed by atoms with Crippen molar-refractivity contribution in [2.45, 2.75) is 24.4 Å². The summed E-state index contributed by atoms with van der Waals surface area (Å²) in [5.41, 5.74) is 5.24. The Labute approximate surface area is 87.6 Å². The number of aromatic nitrogens is 2. The minimum absolute atomic E-state index is 0.0396. The van der Waals surface area contributed by atoms with Crippen LogP contribution in [0.4, 0.5) is 0 Å². The van der Waals surface area contributed by atoms with Gasteiger partial charge in [-0.3, -0.25) is 10.5 Å². The number of amidine groups is 1. The molecule has 1 unspecified atom stereocenters. The van der Waals surface area contributed by atoms with Gasteiger partial charge in [0.05, 0.1) is 12.2 Å². The van der Waals surface area contributed by atoms with Gasteiger partial charge in [0.2, 0.25) is 0 Å². The normalized spacial score (nSPS) is 13.7. The fourth-order valence-corrected chi connectivity index (χ4v) is 2.22. The monoisotopic (exact) mass is 231 g/mol. The molecule has 0 aliphatic carbocycles. The average molecular weight is 231 g/mol. The molecule has 7 nitrogen and oxygen atoms in total. The van der Waals surface area contributed by atoms with Crippen molar-refractivity contribution in [1.82, 2.24) is 14.9 Å². The molecule has 1 aromatic heterocycles. The van der Waals surface area contributed by atoms with Gasteiger partial charge in [-0.2, -0.15) is 9.82 Å². The molecule has 84 valence electrons. The number of sulfonamides is 1. The lowest BCUT2D eigenvalue weighted by Crippen LogP contribution is -2.43. The van der Waals surface area contributed by atoms with E-state index in [4.69, 9.17) is 11.1 Å². The first kappa shape index (κ1) is 11.7. The maximum absolute atomic E-state index is 11.6. The lowest BCUT2D eigenvalue weighted by molar-refractivity contribution is 0.567. The number of nitrogens with zero attached hydrogens (tertiary/aromatic N) is 1. The van der Waals surface area contributed by atoms with Crippen LogP contribution in [0.1, 0.15) is 13.3 Å². The highest BCUT2D eigenvalue weighted by Crippen LogP contribution is 2.04. The Morgan fingerprint density at radius 3 is 2.87 bits per heavy atom. The van der Waals surface area contributed by atoms with Gasteiger partial charge in [0.15, 0.2) is 5.03 Å². The van der Waals surface area contributed by atoms with Crippen LogP contribution in [0.15, 0.2) is 17.3 Å². The molecule has 0 aromatic carbocycles. The second kappa shape index (κ2) is 4.41. The van der Waals surface area contributed by atoms with E-state index < -0.39 is 16.1 Å². The van der Waals surface area contributed by atoms with E-state index in [1.54, 1.807) is 6.92 Å². The lowest BCUT2D eigenvalue weighted by atomic mass is 10.2. The first-order valence-corrected chi connectivity index (χ1v) is 5.81. The topological polar surface area (TPSA) is 125 Å². The van der Waals surface area contributed by atoms with Gasteiger partial charge in [0.1, 0.15) is 5.84 Å². The zero-order valence-corrected chi connectivity index (χ0v) is 9.00. The minimum Gasteiger partial charge on any atom is -0.386 e. The van der Waals surface area contributed by atoms with Crippen molar-refractivity contribution < 1.29 is 8.42 Å². The number of rotatable bonds is 5. The van der Waals surface area contributed by atoms with Crippen LogP contribution < -0.4 is 10.5 Å². The molecular weight excluding hydrogens is 218 g/mol. The zero-order chi connectivity index (χ0) is 11.5. The summed E-state index contributed by atoms with van der Waals surface area (Å²) >= 11 is 0. The summed E-state index contributed by atoms with van der Waals surface area (Å²) in [6.07, 6.45) is 1.76. The molecule has 1 atom stereocenters. The van der Waals surface area contributed by atoms with Gasteiger partial charge in [-0.25, -0.2) is 8.42 Å². The van der Waals surface area contributed by atoms with E-state index >= 15 is 0 Å². The summed E-state index contributed by atoms with van der Waals surface area (Å²) in [5, 5.41) is 13.0. The molecule has 1 aromatic rings. The highest BCUT2D eigenvalue weighted by atomic mass is 32.2. The van der Waals surface area contributed by atoms with E-state index in [0.717, 1.165) is 0 Å². The van der Waals surface area contributed by atoms with Crippen LogP contribution in [0.25, 0.3) is 0 Å². The molecule has 0 radical (unpaired) electrons. The number of hydrogen-bond acceptors (Lipinski definition) is 4. The van der Waals surface area contributed by atoms with Gasteiger partial charge in [0.25, 0.3) is 10.0 Å². The van der Waals surface area contributed by atoms with E-state index in [1.165, 1.54) is 12.3 Å². The predicted octanol–water partition coefficient (Wildman–Crippen LogP) is -0.597. The van der Waals surface area contributed by atoms with Gasteiger partial charge in [0, 0.05) is 0 Å². The number of nitrogens with two attached hydrogens (primary N) is 1.